The van der Waals surface area contributed by atoms with Crippen LogP contribution in [-0.4, -0.2) is 23.0 Å². The summed E-state index contributed by atoms with van der Waals surface area (Å²) in [6.07, 6.45) is 1.97. The molecule has 1 aromatic carbocycles. The fraction of sp³-hybridized carbons (Fsp3) is 0.235. The highest BCUT2D eigenvalue weighted by Gasteiger charge is 2.21. The van der Waals surface area contributed by atoms with Gasteiger partial charge in [0.1, 0.15) is 0 Å². The first-order valence-electron chi connectivity index (χ1n) is 7.25. The van der Waals surface area contributed by atoms with E-state index in [1.54, 1.807) is 43.5 Å². The molecular formula is C17H16Cl2N2O3. The van der Waals surface area contributed by atoms with Gasteiger partial charge in [-0.1, -0.05) is 29.3 Å². The van der Waals surface area contributed by atoms with Crippen molar-refractivity contribution in [2.24, 2.45) is 0 Å². The Balaban J connectivity index is 1.97. The Labute approximate surface area is 149 Å². The predicted octanol–water partition coefficient (Wildman–Crippen LogP) is 3.81. The SMILES string of the molecule is C[C@H](NC(=O)[C@@H](C)OC(=O)c1cccnc1)c1ccc(Cl)cc1Cl. The van der Waals surface area contributed by atoms with Gasteiger partial charge in [-0.25, -0.2) is 4.79 Å². The maximum absolute atomic E-state index is 12.2. The van der Waals surface area contributed by atoms with Crippen molar-refractivity contribution in [1.82, 2.24) is 10.3 Å². The third kappa shape index (κ3) is 4.69. The number of carbonyl (C=O) groups is 2. The zero-order chi connectivity index (χ0) is 17.7. The van der Waals surface area contributed by atoms with Gasteiger partial charge in [0.25, 0.3) is 5.91 Å². The Bertz CT molecular complexity index is 738. The average Bonchev–Trinajstić information content (AvgIpc) is 2.55. The van der Waals surface area contributed by atoms with Crippen LogP contribution in [0.3, 0.4) is 0 Å². The number of hydrogen-bond acceptors (Lipinski definition) is 4. The number of nitrogens with zero attached hydrogens (tertiary/aromatic N) is 1. The van der Waals surface area contributed by atoms with Crippen LogP contribution >= 0.6 is 23.2 Å². The number of aromatic nitrogens is 1. The Morgan fingerprint density at radius 3 is 2.58 bits per heavy atom. The highest BCUT2D eigenvalue weighted by atomic mass is 35.5. The second-order valence-corrected chi connectivity index (χ2v) is 6.03. The monoisotopic (exact) mass is 366 g/mol. The third-order valence-corrected chi connectivity index (χ3v) is 3.90. The van der Waals surface area contributed by atoms with Crippen molar-refractivity contribution >= 4 is 35.1 Å². The van der Waals surface area contributed by atoms with Gasteiger partial charge in [-0.3, -0.25) is 9.78 Å². The van der Waals surface area contributed by atoms with Gasteiger partial charge in [-0.2, -0.15) is 0 Å². The van der Waals surface area contributed by atoms with Crippen LogP contribution in [0.1, 0.15) is 35.8 Å². The number of carbonyl (C=O) groups excluding carboxylic acids is 2. The van der Waals surface area contributed by atoms with Crippen molar-refractivity contribution in [2.45, 2.75) is 26.0 Å². The van der Waals surface area contributed by atoms with Gasteiger partial charge in [-0.05, 0) is 43.7 Å². The van der Waals surface area contributed by atoms with E-state index in [9.17, 15) is 9.59 Å². The van der Waals surface area contributed by atoms with Gasteiger partial charge in [0.15, 0.2) is 6.10 Å². The van der Waals surface area contributed by atoms with E-state index >= 15 is 0 Å². The minimum atomic E-state index is -0.953. The molecule has 1 N–H and O–H groups in total. The molecule has 2 atom stereocenters. The Morgan fingerprint density at radius 1 is 1.21 bits per heavy atom. The van der Waals surface area contributed by atoms with E-state index < -0.39 is 18.0 Å². The van der Waals surface area contributed by atoms with Gasteiger partial charge in [0, 0.05) is 22.4 Å². The summed E-state index contributed by atoms with van der Waals surface area (Å²) < 4.78 is 5.14. The number of amides is 1. The number of ether oxygens (including phenoxy) is 1. The van der Waals surface area contributed by atoms with E-state index in [0.29, 0.717) is 10.0 Å². The molecule has 0 aliphatic heterocycles. The molecule has 0 saturated carbocycles. The minimum absolute atomic E-state index is 0.283. The van der Waals surface area contributed by atoms with Crippen LogP contribution in [0.4, 0.5) is 0 Å². The quantitative estimate of drug-likeness (QED) is 0.816. The van der Waals surface area contributed by atoms with Gasteiger partial charge in [-0.15, -0.1) is 0 Å². The second kappa shape index (κ2) is 8.13. The van der Waals surface area contributed by atoms with Crippen LogP contribution in [0, 0.1) is 0 Å². The summed E-state index contributed by atoms with van der Waals surface area (Å²) in [6, 6.07) is 7.86. The molecule has 7 heteroatoms. The van der Waals surface area contributed by atoms with Crippen LogP contribution < -0.4 is 5.32 Å². The van der Waals surface area contributed by atoms with Crippen LogP contribution in [0.5, 0.6) is 0 Å². The lowest BCUT2D eigenvalue weighted by Crippen LogP contribution is -2.37. The molecular weight excluding hydrogens is 351 g/mol. The van der Waals surface area contributed by atoms with Crippen molar-refractivity contribution in [2.75, 3.05) is 0 Å². The van der Waals surface area contributed by atoms with Crippen molar-refractivity contribution in [3.05, 3.63) is 63.9 Å². The summed E-state index contributed by atoms with van der Waals surface area (Å²) in [5, 5.41) is 3.72. The summed E-state index contributed by atoms with van der Waals surface area (Å²) in [5.41, 5.74) is 1.01. The van der Waals surface area contributed by atoms with Crippen LogP contribution in [0.25, 0.3) is 0 Å². The molecule has 0 unspecified atom stereocenters. The summed E-state index contributed by atoms with van der Waals surface area (Å²) in [5.74, 6) is -1.03. The van der Waals surface area contributed by atoms with E-state index in [1.807, 2.05) is 0 Å². The smallest absolute Gasteiger partial charge is 0.340 e. The first kappa shape index (κ1) is 18.2. The molecule has 24 heavy (non-hydrogen) atoms. The Hall–Kier alpha value is -2.11. The lowest BCUT2D eigenvalue weighted by Gasteiger charge is -2.19. The largest absolute Gasteiger partial charge is 0.449 e. The Kier molecular flexibility index (Phi) is 6.17. The number of pyridine rings is 1. The van der Waals surface area contributed by atoms with E-state index in [4.69, 9.17) is 27.9 Å². The van der Waals surface area contributed by atoms with E-state index in [1.165, 1.54) is 13.1 Å². The maximum atomic E-state index is 12.2. The van der Waals surface area contributed by atoms with Crippen molar-refractivity contribution < 1.29 is 14.3 Å². The minimum Gasteiger partial charge on any atom is -0.449 e. The fourth-order valence-electron chi connectivity index (χ4n) is 2.03. The van der Waals surface area contributed by atoms with Gasteiger partial charge < -0.3 is 10.1 Å². The molecule has 126 valence electrons. The number of rotatable bonds is 5. The first-order chi connectivity index (χ1) is 11.4. The highest BCUT2D eigenvalue weighted by Crippen LogP contribution is 2.26. The zero-order valence-electron chi connectivity index (χ0n) is 13.1. The number of benzene rings is 1. The molecule has 0 aliphatic rings. The summed E-state index contributed by atoms with van der Waals surface area (Å²) in [4.78, 5) is 28.0. The first-order valence-corrected chi connectivity index (χ1v) is 8.00. The average molecular weight is 367 g/mol. The van der Waals surface area contributed by atoms with Gasteiger partial charge in [0.2, 0.25) is 0 Å². The zero-order valence-corrected chi connectivity index (χ0v) is 14.6. The Morgan fingerprint density at radius 2 is 1.96 bits per heavy atom. The molecule has 1 amide bonds. The molecule has 0 saturated heterocycles. The number of hydrogen-bond donors (Lipinski definition) is 1. The topological polar surface area (TPSA) is 68.3 Å². The van der Waals surface area contributed by atoms with Crippen molar-refractivity contribution in [3.63, 3.8) is 0 Å². The third-order valence-electron chi connectivity index (χ3n) is 3.34. The van der Waals surface area contributed by atoms with Gasteiger partial charge >= 0.3 is 5.97 Å². The number of nitrogens with one attached hydrogen (secondary N) is 1. The number of esters is 1. The molecule has 0 aliphatic carbocycles. The van der Waals surface area contributed by atoms with Gasteiger partial charge in [0.05, 0.1) is 11.6 Å². The van der Waals surface area contributed by atoms with Crippen LogP contribution in [-0.2, 0) is 9.53 Å². The summed E-state index contributed by atoms with van der Waals surface area (Å²) in [7, 11) is 0. The van der Waals surface area contributed by atoms with Crippen LogP contribution in [0.15, 0.2) is 42.7 Å². The normalized spacial score (nSPS) is 13.0. The molecule has 5 nitrogen and oxygen atoms in total. The van der Waals surface area contributed by atoms with E-state index in [-0.39, 0.29) is 11.6 Å². The standard InChI is InChI=1S/C17H16Cl2N2O3/c1-10(14-6-5-13(18)8-15(14)19)21-16(22)11(2)24-17(23)12-4-3-7-20-9-12/h3-11H,1-2H3,(H,21,22)/t10-,11+/m0/s1. The molecule has 0 radical (unpaired) electrons. The fourth-order valence-corrected chi connectivity index (χ4v) is 2.60. The lowest BCUT2D eigenvalue weighted by molar-refractivity contribution is -0.129. The summed E-state index contributed by atoms with van der Waals surface area (Å²) in [6.45, 7) is 3.28. The molecule has 0 fully saturated rings. The highest BCUT2D eigenvalue weighted by molar-refractivity contribution is 6.35. The molecule has 2 aromatic rings. The molecule has 2 rings (SSSR count). The van der Waals surface area contributed by atoms with Crippen molar-refractivity contribution in [1.29, 1.82) is 0 Å². The molecule has 0 spiro atoms. The van der Waals surface area contributed by atoms with E-state index in [0.717, 1.165) is 5.56 Å². The maximum Gasteiger partial charge on any atom is 0.340 e. The number of halogens is 2. The van der Waals surface area contributed by atoms with Crippen molar-refractivity contribution in [3.8, 4) is 0 Å². The van der Waals surface area contributed by atoms with Crippen LogP contribution in [0.2, 0.25) is 10.0 Å². The predicted molar refractivity (Wildman–Crippen MR) is 92.1 cm³/mol. The van der Waals surface area contributed by atoms with E-state index in [2.05, 4.69) is 10.3 Å². The second-order valence-electron chi connectivity index (χ2n) is 5.19. The summed E-state index contributed by atoms with van der Waals surface area (Å²) >= 11 is 12.0. The molecule has 0 bridgehead atoms. The molecule has 1 heterocycles. The molecule has 1 aromatic heterocycles. The lowest BCUT2D eigenvalue weighted by atomic mass is 10.1.